The van der Waals surface area contributed by atoms with Gasteiger partial charge in [0, 0.05) is 0 Å². The van der Waals surface area contributed by atoms with E-state index in [1.54, 1.807) is 28.1 Å². The second-order valence-electron chi connectivity index (χ2n) is 3.57. The summed E-state index contributed by atoms with van der Waals surface area (Å²) in [6.07, 6.45) is 0.602. The molecule has 0 heterocycles. The van der Waals surface area contributed by atoms with Crippen molar-refractivity contribution in [2.45, 2.75) is 32.0 Å². The third-order valence-corrected chi connectivity index (χ3v) is 2.75. The number of nitrogens with one attached hydrogen (secondary N) is 3. The molecule has 0 bridgehead atoms. The van der Waals surface area contributed by atoms with E-state index in [-0.39, 0.29) is 0 Å². The van der Waals surface area contributed by atoms with Crippen LogP contribution in [0.3, 0.4) is 0 Å². The normalized spacial score (nSPS) is 13.7. The van der Waals surface area contributed by atoms with Crippen LogP contribution in [-0.2, 0) is 9.59 Å². The number of carbonyl (C=O) groups is 2. The summed E-state index contributed by atoms with van der Waals surface area (Å²) < 4.78 is 0. The Labute approximate surface area is 91.0 Å². The minimum atomic E-state index is -0.985. The molecule has 3 N–H and O–H groups in total. The molecule has 0 radical (unpaired) electrons. The van der Waals surface area contributed by atoms with Gasteiger partial charge >= 0.3 is 0 Å². The zero-order chi connectivity index (χ0) is 12.1. The quantitative estimate of drug-likeness (QED) is 0.386. The molecule has 1 unspecified atom stereocenters. The van der Waals surface area contributed by atoms with E-state index in [1.165, 1.54) is 0 Å². The maximum absolute atomic E-state index is 11.9. The highest BCUT2D eigenvalue weighted by Crippen LogP contribution is 2.04. The zero-order valence-corrected chi connectivity index (χ0v) is 10.1. The molecule has 88 valence electrons. The summed E-state index contributed by atoms with van der Waals surface area (Å²) in [7, 11) is 4.96. The molecular formula is C10H21N3O2. The summed E-state index contributed by atoms with van der Waals surface area (Å²) in [5, 5.41) is 8.43. The van der Waals surface area contributed by atoms with Crippen LogP contribution in [0.15, 0.2) is 0 Å². The summed E-state index contributed by atoms with van der Waals surface area (Å²) >= 11 is 0. The molecule has 0 aromatic carbocycles. The van der Waals surface area contributed by atoms with Crippen molar-refractivity contribution in [3.63, 3.8) is 0 Å². The number of hydrogen-bond donors (Lipinski definition) is 3. The van der Waals surface area contributed by atoms with Crippen LogP contribution in [-0.4, -0.2) is 44.4 Å². The number of likely N-dealkylation sites (N-methyl/N-ethyl adjacent to an activating group) is 3. The summed E-state index contributed by atoms with van der Waals surface area (Å²) in [5.74, 6) is -0.847. The first-order valence-corrected chi connectivity index (χ1v) is 5.10. The third-order valence-electron chi connectivity index (χ3n) is 2.75. The lowest BCUT2D eigenvalue weighted by atomic mass is 9.97. The van der Waals surface area contributed by atoms with Crippen LogP contribution in [0.5, 0.6) is 0 Å². The van der Waals surface area contributed by atoms with Crippen molar-refractivity contribution in [3.05, 3.63) is 0 Å². The van der Waals surface area contributed by atoms with Crippen molar-refractivity contribution < 1.29 is 9.59 Å². The van der Waals surface area contributed by atoms with Gasteiger partial charge in [-0.25, -0.2) is 0 Å². The zero-order valence-electron chi connectivity index (χ0n) is 10.1. The van der Waals surface area contributed by atoms with Gasteiger partial charge in [0.15, 0.2) is 0 Å². The Morgan fingerprint density at radius 3 is 1.93 bits per heavy atom. The van der Waals surface area contributed by atoms with Gasteiger partial charge in [-0.3, -0.25) is 20.2 Å². The van der Waals surface area contributed by atoms with Gasteiger partial charge in [0.05, 0.1) is 6.04 Å². The monoisotopic (exact) mass is 215 g/mol. The van der Waals surface area contributed by atoms with Crippen molar-refractivity contribution in [1.82, 2.24) is 16.0 Å². The van der Waals surface area contributed by atoms with Gasteiger partial charge in [-0.15, -0.1) is 0 Å². The molecule has 0 rings (SSSR count). The van der Waals surface area contributed by atoms with Crippen molar-refractivity contribution in [2.75, 3.05) is 21.1 Å². The topological polar surface area (TPSA) is 70.2 Å². The lowest BCUT2D eigenvalue weighted by molar-refractivity contribution is -0.141. The van der Waals surface area contributed by atoms with Crippen LogP contribution >= 0.6 is 0 Å². The largest absolute Gasteiger partial charge is 0.310 e. The molecule has 0 spiro atoms. The highest BCUT2D eigenvalue weighted by molar-refractivity contribution is 6.42. The summed E-state index contributed by atoms with van der Waals surface area (Å²) in [6.45, 7) is 3.51. The van der Waals surface area contributed by atoms with Gasteiger partial charge in [-0.1, -0.05) is 6.92 Å². The molecule has 0 aliphatic rings. The van der Waals surface area contributed by atoms with Crippen LogP contribution < -0.4 is 16.0 Å². The van der Waals surface area contributed by atoms with Crippen molar-refractivity contribution in [1.29, 1.82) is 0 Å². The van der Waals surface area contributed by atoms with E-state index in [2.05, 4.69) is 16.0 Å². The van der Waals surface area contributed by atoms with E-state index >= 15 is 0 Å². The Kier molecular flexibility index (Phi) is 5.64. The average Bonchev–Trinajstić information content (AvgIpc) is 2.28. The molecule has 0 aromatic rings. The molecule has 0 fully saturated rings. The number of ketones is 2. The molecular weight excluding hydrogens is 194 g/mol. The van der Waals surface area contributed by atoms with Crippen LogP contribution in [0.2, 0.25) is 0 Å². The lowest BCUT2D eigenvalue weighted by Gasteiger charge is -2.27. The standard InChI is InChI=1S/C10H21N3O2/c1-6-7(11-3)8(14)9(15)10(2,12-4)13-5/h7,11-13H,6H2,1-5H3. The first-order valence-electron chi connectivity index (χ1n) is 5.10. The van der Waals surface area contributed by atoms with Crippen LogP contribution in [0.4, 0.5) is 0 Å². The smallest absolute Gasteiger partial charge is 0.234 e. The molecule has 15 heavy (non-hydrogen) atoms. The number of hydrogen-bond acceptors (Lipinski definition) is 5. The molecule has 0 aliphatic heterocycles. The summed E-state index contributed by atoms with van der Waals surface area (Å²) in [4.78, 5) is 23.6. The van der Waals surface area contributed by atoms with Gasteiger partial charge < -0.3 is 5.32 Å². The molecule has 0 aromatic heterocycles. The minimum Gasteiger partial charge on any atom is -0.310 e. The van der Waals surface area contributed by atoms with Gasteiger partial charge in [0.25, 0.3) is 0 Å². The molecule has 0 saturated carbocycles. The fourth-order valence-electron chi connectivity index (χ4n) is 1.28. The number of Topliss-reactive ketones (excluding diaryl/α,β-unsaturated/α-hetero) is 2. The molecule has 5 nitrogen and oxygen atoms in total. The van der Waals surface area contributed by atoms with E-state index in [0.717, 1.165) is 0 Å². The third kappa shape index (κ3) is 3.09. The van der Waals surface area contributed by atoms with Crippen LogP contribution in [0.1, 0.15) is 20.3 Å². The highest BCUT2D eigenvalue weighted by atomic mass is 16.2. The van der Waals surface area contributed by atoms with E-state index in [0.29, 0.717) is 6.42 Å². The predicted molar refractivity (Wildman–Crippen MR) is 59.7 cm³/mol. The summed E-state index contributed by atoms with van der Waals surface area (Å²) in [6, 6.07) is -0.404. The van der Waals surface area contributed by atoms with Gasteiger partial charge in [0.1, 0.15) is 5.66 Å². The molecule has 0 amide bonds. The van der Waals surface area contributed by atoms with Crippen molar-refractivity contribution in [2.24, 2.45) is 0 Å². The average molecular weight is 215 g/mol. The second-order valence-corrected chi connectivity index (χ2v) is 3.57. The second kappa shape index (κ2) is 5.95. The lowest BCUT2D eigenvalue weighted by Crippen LogP contribution is -2.62. The highest BCUT2D eigenvalue weighted by Gasteiger charge is 2.36. The van der Waals surface area contributed by atoms with E-state index < -0.39 is 23.3 Å². The van der Waals surface area contributed by atoms with E-state index in [9.17, 15) is 9.59 Å². The number of carbonyl (C=O) groups excluding carboxylic acids is 2. The molecule has 0 saturated heterocycles. The fraction of sp³-hybridized carbons (Fsp3) is 0.800. The Morgan fingerprint density at radius 1 is 1.20 bits per heavy atom. The molecule has 0 aliphatic carbocycles. The SMILES string of the molecule is CCC(NC)C(=O)C(=O)C(C)(NC)NC. The van der Waals surface area contributed by atoms with Gasteiger partial charge in [0.2, 0.25) is 11.6 Å². The van der Waals surface area contributed by atoms with Gasteiger partial charge in [-0.05, 0) is 34.5 Å². The Hall–Kier alpha value is -0.780. The van der Waals surface area contributed by atoms with Crippen molar-refractivity contribution >= 4 is 11.6 Å². The first-order chi connectivity index (χ1) is 6.96. The summed E-state index contributed by atoms with van der Waals surface area (Å²) in [5.41, 5.74) is -0.985. The molecule has 5 heteroatoms. The maximum Gasteiger partial charge on any atom is 0.234 e. The molecule has 1 atom stereocenters. The van der Waals surface area contributed by atoms with Crippen LogP contribution in [0, 0.1) is 0 Å². The minimum absolute atomic E-state index is 0.397. The Bertz CT molecular complexity index is 233. The Balaban J connectivity index is 4.76. The maximum atomic E-state index is 11.9. The fourth-order valence-corrected chi connectivity index (χ4v) is 1.28. The van der Waals surface area contributed by atoms with Crippen LogP contribution in [0.25, 0.3) is 0 Å². The van der Waals surface area contributed by atoms with Gasteiger partial charge in [-0.2, -0.15) is 0 Å². The predicted octanol–water partition coefficient (Wildman–Crippen LogP) is -0.722. The van der Waals surface area contributed by atoms with E-state index in [4.69, 9.17) is 0 Å². The number of rotatable bonds is 7. The van der Waals surface area contributed by atoms with E-state index in [1.807, 2.05) is 6.92 Å². The Morgan fingerprint density at radius 2 is 1.67 bits per heavy atom. The first kappa shape index (κ1) is 14.2. The van der Waals surface area contributed by atoms with Crippen molar-refractivity contribution in [3.8, 4) is 0 Å².